The number of hydrogen-bond acceptors (Lipinski definition) is 16. The molecule has 0 saturated carbocycles. The third kappa shape index (κ3) is 13.5. The molecule has 0 bridgehead atoms. The number of nitrogens with one attached hydrogen (secondary N) is 3. The summed E-state index contributed by atoms with van der Waals surface area (Å²) in [5, 5.41) is 30.9. The van der Waals surface area contributed by atoms with Gasteiger partial charge in [-0.3, -0.25) is 34.3 Å². The predicted octanol–water partition coefficient (Wildman–Crippen LogP) is 7.88. The lowest BCUT2D eigenvalue weighted by Crippen LogP contribution is -2.66. The quantitative estimate of drug-likeness (QED) is 0.0384. The van der Waals surface area contributed by atoms with Gasteiger partial charge >= 0.3 is 5.97 Å². The zero-order valence-electron chi connectivity index (χ0n) is 47.4. The molecule has 4 aromatic carbocycles. The van der Waals surface area contributed by atoms with E-state index in [4.69, 9.17) is 4.74 Å². The van der Waals surface area contributed by atoms with Crippen molar-refractivity contribution in [2.24, 2.45) is 11.3 Å². The van der Waals surface area contributed by atoms with Crippen LogP contribution in [0.15, 0.2) is 96.5 Å². The molecule has 21 heteroatoms. The van der Waals surface area contributed by atoms with Crippen LogP contribution in [0.1, 0.15) is 93.7 Å². The fourth-order valence-electron chi connectivity index (χ4n) is 11.3. The molecule has 18 nitrogen and oxygen atoms in total. The summed E-state index contributed by atoms with van der Waals surface area (Å²) in [5.74, 6) is 5.54. The smallest absolute Gasteiger partial charge is 0.355 e. The normalized spacial score (nSPS) is 17.8. The van der Waals surface area contributed by atoms with Crippen molar-refractivity contribution in [3.63, 3.8) is 0 Å². The number of carboxylic acid groups (broad SMARTS) is 1. The van der Waals surface area contributed by atoms with Gasteiger partial charge in [-0.05, 0) is 102 Å². The number of aromatic carboxylic acids is 1. The zero-order chi connectivity index (χ0) is 58.6. The minimum Gasteiger partial charge on any atom is -0.494 e. The largest absolute Gasteiger partial charge is 0.494 e. The molecule has 11 rings (SSSR count). The molecule has 3 fully saturated rings. The molecule has 5 N–H and O–H groups in total. The van der Waals surface area contributed by atoms with Gasteiger partial charge in [0.25, 0.3) is 5.91 Å². The lowest BCUT2D eigenvalue weighted by Gasteiger charge is -2.51. The molecule has 436 valence electrons. The summed E-state index contributed by atoms with van der Waals surface area (Å²) in [7, 11) is 0. The first-order chi connectivity index (χ1) is 40.5. The highest BCUT2D eigenvalue weighted by molar-refractivity contribution is 7.22. The number of fused-ring (bicyclic) bond motifs is 2. The number of carbonyl (C=O) groups is 5. The Kier molecular flexibility index (Phi) is 17.5. The molecular formula is C63H68N10O8S3. The number of aryl methyl sites for hydroxylation is 2. The van der Waals surface area contributed by atoms with Gasteiger partial charge in [0.1, 0.15) is 17.8 Å². The van der Waals surface area contributed by atoms with E-state index in [-0.39, 0.29) is 55.4 Å². The van der Waals surface area contributed by atoms with E-state index in [1.54, 1.807) is 11.3 Å². The van der Waals surface area contributed by atoms with Crippen molar-refractivity contribution in [2.75, 3.05) is 62.6 Å². The molecule has 0 unspecified atom stereocenters. The Morgan fingerprint density at radius 2 is 1.69 bits per heavy atom. The van der Waals surface area contributed by atoms with Gasteiger partial charge < -0.3 is 35.4 Å². The molecule has 3 atom stereocenters. The number of nitrogens with zero attached hydrogens (tertiary/aromatic N) is 7. The lowest BCUT2D eigenvalue weighted by atomic mass is 9.85. The number of aromatic nitrogens is 3. The van der Waals surface area contributed by atoms with Gasteiger partial charge in [-0.25, -0.2) is 19.7 Å². The number of likely N-dealkylation sites (tertiary alicyclic amines) is 3. The third-order valence-electron chi connectivity index (χ3n) is 16.0. The second-order valence-corrected chi connectivity index (χ2v) is 26.2. The van der Waals surface area contributed by atoms with E-state index in [0.717, 1.165) is 81.2 Å². The molecule has 7 heterocycles. The Morgan fingerprint density at radius 1 is 0.905 bits per heavy atom. The highest BCUT2D eigenvalue weighted by atomic mass is 32.1. The van der Waals surface area contributed by atoms with Crippen LogP contribution in [0, 0.1) is 30.1 Å². The van der Waals surface area contributed by atoms with Crippen LogP contribution in [0.2, 0.25) is 0 Å². The van der Waals surface area contributed by atoms with Gasteiger partial charge in [0.2, 0.25) is 17.7 Å². The number of aliphatic hydroxyl groups excluding tert-OH is 1. The van der Waals surface area contributed by atoms with E-state index in [9.17, 15) is 34.2 Å². The van der Waals surface area contributed by atoms with Gasteiger partial charge in [0, 0.05) is 87.2 Å². The van der Waals surface area contributed by atoms with Crippen LogP contribution in [-0.2, 0) is 40.3 Å². The highest BCUT2D eigenvalue weighted by Gasteiger charge is 2.45. The van der Waals surface area contributed by atoms with Gasteiger partial charge in [-0.2, -0.15) is 0 Å². The Labute approximate surface area is 500 Å². The Bertz CT molecular complexity index is 3590. The molecule has 0 aliphatic carbocycles. The van der Waals surface area contributed by atoms with Crippen molar-refractivity contribution in [1.82, 2.24) is 40.3 Å². The van der Waals surface area contributed by atoms with Crippen molar-refractivity contribution in [1.29, 1.82) is 0 Å². The number of aliphatic hydroxyl groups is 1. The molecule has 0 radical (unpaired) electrons. The Hall–Kier alpha value is -7.58. The van der Waals surface area contributed by atoms with E-state index in [1.807, 2.05) is 124 Å². The van der Waals surface area contributed by atoms with Crippen LogP contribution in [0.3, 0.4) is 0 Å². The number of β-amino-alcohol motifs (C(OH)–C–C–N with tert-alkyl or cyclic N) is 1. The summed E-state index contributed by atoms with van der Waals surface area (Å²) in [5.41, 5.74) is 8.42. The summed E-state index contributed by atoms with van der Waals surface area (Å²) < 4.78 is 7.05. The number of carboxylic acids is 1. The zero-order valence-corrected chi connectivity index (χ0v) is 49.9. The fraction of sp³-hybridized carbons (Fsp3) is 0.397. The summed E-state index contributed by atoms with van der Waals surface area (Å²) in [4.78, 5) is 90.4. The second-order valence-electron chi connectivity index (χ2n) is 23.2. The van der Waals surface area contributed by atoms with Crippen molar-refractivity contribution < 1.29 is 38.9 Å². The van der Waals surface area contributed by atoms with E-state index in [0.29, 0.717) is 77.4 Å². The van der Waals surface area contributed by atoms with Crippen LogP contribution in [0.25, 0.3) is 20.7 Å². The topological polar surface area (TPSA) is 223 Å². The minimum atomic E-state index is -1.07. The molecule has 4 aliphatic rings. The van der Waals surface area contributed by atoms with E-state index in [1.165, 1.54) is 27.6 Å². The van der Waals surface area contributed by atoms with Crippen molar-refractivity contribution in [3.05, 3.63) is 141 Å². The predicted molar refractivity (Wildman–Crippen MR) is 327 cm³/mol. The molecule has 7 aromatic rings. The first-order valence-electron chi connectivity index (χ1n) is 28.5. The number of para-hydroxylation sites is 1. The third-order valence-corrected chi connectivity index (χ3v) is 19.1. The average molecular weight is 1190 g/mol. The number of carbonyl (C=O) groups excluding carboxylic acids is 4. The van der Waals surface area contributed by atoms with Crippen molar-refractivity contribution >= 4 is 84.1 Å². The summed E-state index contributed by atoms with van der Waals surface area (Å²) in [6.07, 6.45) is 1.83. The molecule has 0 spiro atoms. The maximum Gasteiger partial charge on any atom is 0.355 e. The molecule has 3 saturated heterocycles. The number of thiazole rings is 3. The van der Waals surface area contributed by atoms with Gasteiger partial charge in [0.05, 0.1) is 45.6 Å². The van der Waals surface area contributed by atoms with Crippen LogP contribution in [0.5, 0.6) is 5.75 Å². The lowest BCUT2D eigenvalue weighted by molar-refractivity contribution is -0.144. The number of ether oxygens (including phenoxy) is 1. The highest BCUT2D eigenvalue weighted by Crippen LogP contribution is 2.35. The molecule has 3 aromatic heterocycles. The van der Waals surface area contributed by atoms with Gasteiger partial charge in [0.15, 0.2) is 16.0 Å². The van der Waals surface area contributed by atoms with Crippen LogP contribution < -0.4 is 25.6 Å². The Balaban J connectivity index is 0.583. The average Bonchev–Trinajstić information content (AvgIpc) is 3.41. The maximum atomic E-state index is 14.2. The first-order valence-corrected chi connectivity index (χ1v) is 31.0. The molecular weight excluding hydrogens is 1120 g/mol. The minimum absolute atomic E-state index is 0.0143. The standard InChI is InChI=1S/C63H68N10O8S3/c1-38-55(82-37-65-38)43-21-17-40(18-22-43)29-64-58(77)50-28-45(74)34-73(50)59(78)56(63(2,3)4)67-53(75)36-70-32-44(33-70)72-30-41(31-72)11-7-10-39-19-23-46(24-20-39)81-27-9-16-52-54(60(79)80)68-62(84-52)71-26-25-42-12-8-13-47(48(42)35-71)57(76)69-61-66-49-14-5-6-15-51(49)83-61/h5-6,8,12-15,17-24,37,41,44-45,50,56,74H,9,11,16,25-36H2,1-4H3,(H,64,77)(H,67,75)(H,79,80)(H,66,69,76)/t45-,50+,56-/m1/s1. The maximum absolute atomic E-state index is 14.2. The van der Waals surface area contributed by atoms with Crippen LogP contribution >= 0.6 is 34.0 Å². The van der Waals surface area contributed by atoms with E-state index in [2.05, 4.69) is 57.4 Å². The Morgan fingerprint density at radius 3 is 2.43 bits per heavy atom. The molecule has 84 heavy (non-hydrogen) atoms. The summed E-state index contributed by atoms with van der Waals surface area (Å²) >= 11 is 4.39. The van der Waals surface area contributed by atoms with Gasteiger partial charge in [-0.1, -0.05) is 92.5 Å². The van der Waals surface area contributed by atoms with Crippen LogP contribution in [0.4, 0.5) is 10.3 Å². The summed E-state index contributed by atoms with van der Waals surface area (Å²) in [6.45, 7) is 13.0. The first kappa shape index (κ1) is 58.2. The van der Waals surface area contributed by atoms with Gasteiger partial charge in [-0.15, -0.1) is 22.7 Å². The molecule has 4 aliphatic heterocycles. The number of rotatable bonds is 19. The van der Waals surface area contributed by atoms with E-state index < -0.39 is 29.6 Å². The van der Waals surface area contributed by atoms with Crippen LogP contribution in [-0.4, -0.2) is 146 Å². The fourth-order valence-corrected chi connectivity index (χ4v) is 14.1. The van der Waals surface area contributed by atoms with Crippen molar-refractivity contribution in [2.45, 2.75) is 97.1 Å². The molecule has 4 amide bonds. The number of benzene rings is 4. The van der Waals surface area contributed by atoms with E-state index >= 15 is 0 Å². The number of hydrogen-bond donors (Lipinski definition) is 5. The number of amides is 4. The monoisotopic (exact) mass is 1190 g/mol. The SMILES string of the molecule is Cc1ncsc1-c1ccc(CNC(=O)[C@@H]2C[C@@H](O)CN2C(=O)[C@@H](NC(=O)CN2CC(N3CC(CC#Cc4ccc(OCCCc5sc(N6CCc7cccc(C(=O)Nc8nc9ccccc9s8)c7C6)nc5C(=O)O)cc4)C3)C2)C(C)(C)C)cc1. The van der Waals surface area contributed by atoms with Crippen molar-refractivity contribution in [3.8, 4) is 28.0 Å². The second kappa shape index (κ2) is 25.3. The summed E-state index contributed by atoms with van der Waals surface area (Å²) in [6, 6.07) is 27.7. The number of anilines is 2.